The Hall–Kier alpha value is -3.11. The molecule has 168 valence electrons. The van der Waals surface area contributed by atoms with Crippen LogP contribution in [-0.2, 0) is 10.0 Å². The Labute approximate surface area is 185 Å². The predicted molar refractivity (Wildman–Crippen MR) is 121 cm³/mol. The number of fused-ring (bicyclic) bond motifs is 1. The molecule has 9 nitrogen and oxygen atoms in total. The van der Waals surface area contributed by atoms with Crippen LogP contribution in [0.1, 0.15) is 23.2 Å². The number of nitrogens with zero attached hydrogens (tertiary/aromatic N) is 2. The number of benzene rings is 2. The van der Waals surface area contributed by atoms with Crippen molar-refractivity contribution in [2.24, 2.45) is 5.92 Å². The molecule has 1 aromatic heterocycles. The number of amides is 1. The summed E-state index contributed by atoms with van der Waals surface area (Å²) >= 11 is 0. The molecule has 1 saturated heterocycles. The van der Waals surface area contributed by atoms with Crippen molar-refractivity contribution >= 4 is 32.7 Å². The molecular weight excluding hydrogens is 430 g/mol. The highest BCUT2D eigenvalue weighted by Crippen LogP contribution is 2.30. The summed E-state index contributed by atoms with van der Waals surface area (Å²) in [6, 6.07) is 11.0. The number of nitrogens with one attached hydrogen (secondary N) is 3. The van der Waals surface area contributed by atoms with Gasteiger partial charge in [-0.3, -0.25) is 14.4 Å². The number of H-pyrrole nitrogens is 2. The van der Waals surface area contributed by atoms with E-state index in [1.165, 1.54) is 31.0 Å². The van der Waals surface area contributed by atoms with Crippen LogP contribution in [0.4, 0.5) is 5.69 Å². The summed E-state index contributed by atoms with van der Waals surface area (Å²) < 4.78 is 28.6. The van der Waals surface area contributed by atoms with E-state index in [0.29, 0.717) is 29.7 Å². The monoisotopic (exact) mass is 455 g/mol. The smallest absolute Gasteiger partial charge is 0.323 e. The van der Waals surface area contributed by atoms with Gasteiger partial charge >= 0.3 is 5.69 Å². The third kappa shape index (κ3) is 4.28. The normalized spacial score (nSPS) is 17.6. The number of sulfonamides is 1. The molecule has 2 aliphatic rings. The molecule has 0 atom stereocenters. The largest absolute Gasteiger partial charge is 0.336 e. The molecule has 10 heteroatoms. The van der Waals surface area contributed by atoms with E-state index < -0.39 is 15.7 Å². The summed E-state index contributed by atoms with van der Waals surface area (Å²) in [5, 5.41) is 0. The van der Waals surface area contributed by atoms with Gasteiger partial charge in [0.1, 0.15) is 0 Å². The van der Waals surface area contributed by atoms with E-state index in [1.807, 2.05) is 0 Å². The van der Waals surface area contributed by atoms with Crippen LogP contribution in [-0.4, -0.2) is 66.8 Å². The third-order valence-corrected chi connectivity index (χ3v) is 7.44. The average molecular weight is 456 g/mol. The maximum absolute atomic E-state index is 13.2. The van der Waals surface area contributed by atoms with Gasteiger partial charge in [-0.1, -0.05) is 12.1 Å². The molecule has 5 rings (SSSR count). The Kier molecular flexibility index (Phi) is 5.26. The highest BCUT2D eigenvalue weighted by atomic mass is 32.2. The fourth-order valence-electron chi connectivity index (χ4n) is 4.11. The van der Waals surface area contributed by atoms with E-state index in [4.69, 9.17) is 0 Å². The number of aromatic nitrogens is 2. The number of anilines is 1. The lowest BCUT2D eigenvalue weighted by molar-refractivity contribution is 0.0633. The number of hydrogen-bond donors (Lipinski definition) is 3. The van der Waals surface area contributed by atoms with Crippen molar-refractivity contribution in [2.75, 3.05) is 37.4 Å². The first kappa shape index (κ1) is 20.8. The summed E-state index contributed by atoms with van der Waals surface area (Å²) in [5.41, 5.74) is 1.07. The van der Waals surface area contributed by atoms with E-state index in [9.17, 15) is 18.0 Å². The molecule has 32 heavy (non-hydrogen) atoms. The third-order valence-electron chi connectivity index (χ3n) is 6.07. The summed E-state index contributed by atoms with van der Waals surface area (Å²) in [5.74, 6) is 0.635. The molecule has 1 amide bonds. The highest BCUT2D eigenvalue weighted by molar-refractivity contribution is 7.92. The van der Waals surface area contributed by atoms with Crippen molar-refractivity contribution in [1.82, 2.24) is 19.8 Å². The van der Waals surface area contributed by atoms with Crippen molar-refractivity contribution in [3.63, 3.8) is 0 Å². The van der Waals surface area contributed by atoms with Crippen LogP contribution in [0.5, 0.6) is 0 Å². The van der Waals surface area contributed by atoms with Crippen molar-refractivity contribution in [2.45, 2.75) is 17.7 Å². The zero-order chi connectivity index (χ0) is 22.3. The molecule has 2 fully saturated rings. The molecule has 0 unspecified atom stereocenters. The molecule has 3 aromatic rings. The summed E-state index contributed by atoms with van der Waals surface area (Å²) in [4.78, 5) is 34.0. The Morgan fingerprint density at radius 1 is 1.00 bits per heavy atom. The van der Waals surface area contributed by atoms with Gasteiger partial charge in [-0.25, -0.2) is 13.2 Å². The quantitative estimate of drug-likeness (QED) is 0.524. The van der Waals surface area contributed by atoms with Gasteiger partial charge in [0.2, 0.25) is 0 Å². The Morgan fingerprint density at radius 3 is 2.47 bits per heavy atom. The SMILES string of the molecule is O=C(c1ccccc1NS(=O)(=O)c1ccc2[nH]c(=O)[nH]c2c1)N1CCN(CC2CC2)CC1. The predicted octanol–water partition coefficient (Wildman–Crippen LogP) is 1.82. The van der Waals surface area contributed by atoms with Crippen LogP contribution in [0.3, 0.4) is 0 Å². The maximum Gasteiger partial charge on any atom is 0.323 e. The number of aromatic amines is 2. The number of rotatable bonds is 6. The van der Waals surface area contributed by atoms with Crippen LogP contribution in [0, 0.1) is 5.92 Å². The van der Waals surface area contributed by atoms with Gasteiger partial charge in [-0.05, 0) is 49.1 Å². The number of imidazole rings is 1. The topological polar surface area (TPSA) is 118 Å². The maximum atomic E-state index is 13.2. The number of para-hydroxylation sites is 1. The van der Waals surface area contributed by atoms with Gasteiger partial charge in [0.25, 0.3) is 15.9 Å². The highest BCUT2D eigenvalue weighted by Gasteiger charge is 2.29. The van der Waals surface area contributed by atoms with Gasteiger partial charge < -0.3 is 14.9 Å². The van der Waals surface area contributed by atoms with Crippen LogP contribution in [0.2, 0.25) is 0 Å². The van der Waals surface area contributed by atoms with Crippen molar-refractivity contribution < 1.29 is 13.2 Å². The molecule has 0 radical (unpaired) electrons. The average Bonchev–Trinajstić information content (AvgIpc) is 3.51. The Balaban J connectivity index is 1.34. The minimum atomic E-state index is -3.96. The lowest BCUT2D eigenvalue weighted by Gasteiger charge is -2.35. The molecule has 1 aliphatic carbocycles. The van der Waals surface area contributed by atoms with Crippen LogP contribution < -0.4 is 10.4 Å². The van der Waals surface area contributed by atoms with E-state index >= 15 is 0 Å². The second-order valence-electron chi connectivity index (χ2n) is 8.47. The second-order valence-corrected chi connectivity index (χ2v) is 10.2. The standard InChI is InChI=1S/C22H25N5O4S/c28-21(27-11-9-26(10-12-27)14-15-5-6-15)17-3-1-2-4-18(17)25-32(30,31)16-7-8-19-20(13-16)24-22(29)23-19/h1-4,7-8,13,15,25H,5-6,9-12,14H2,(H2,23,24,29). The van der Waals surface area contributed by atoms with Crippen molar-refractivity contribution in [3.05, 3.63) is 58.5 Å². The number of carbonyl (C=O) groups is 1. The van der Waals surface area contributed by atoms with Crippen LogP contribution >= 0.6 is 0 Å². The molecule has 2 aromatic carbocycles. The van der Waals surface area contributed by atoms with E-state index in [0.717, 1.165) is 25.6 Å². The Bertz CT molecular complexity index is 1320. The van der Waals surface area contributed by atoms with Crippen molar-refractivity contribution in [1.29, 1.82) is 0 Å². The lowest BCUT2D eigenvalue weighted by atomic mass is 10.1. The fraction of sp³-hybridized carbons (Fsp3) is 0.364. The minimum Gasteiger partial charge on any atom is -0.336 e. The first-order valence-corrected chi connectivity index (χ1v) is 12.2. The zero-order valence-corrected chi connectivity index (χ0v) is 18.3. The van der Waals surface area contributed by atoms with Gasteiger partial charge in [0, 0.05) is 32.7 Å². The first-order chi connectivity index (χ1) is 15.4. The summed E-state index contributed by atoms with van der Waals surface area (Å²) in [6.07, 6.45) is 2.61. The number of piperazine rings is 1. The summed E-state index contributed by atoms with van der Waals surface area (Å²) in [6.45, 7) is 4.04. The lowest BCUT2D eigenvalue weighted by Crippen LogP contribution is -2.49. The minimum absolute atomic E-state index is 0.00353. The molecule has 1 aliphatic heterocycles. The van der Waals surface area contributed by atoms with Crippen molar-refractivity contribution in [3.8, 4) is 0 Å². The van der Waals surface area contributed by atoms with Gasteiger partial charge in [-0.15, -0.1) is 0 Å². The molecular formula is C22H25N5O4S. The van der Waals surface area contributed by atoms with E-state index in [-0.39, 0.29) is 16.5 Å². The second kappa shape index (κ2) is 8.10. The van der Waals surface area contributed by atoms with Gasteiger partial charge in [0.05, 0.1) is 27.2 Å². The molecule has 3 N–H and O–H groups in total. The summed E-state index contributed by atoms with van der Waals surface area (Å²) in [7, 11) is -3.96. The Morgan fingerprint density at radius 2 is 1.72 bits per heavy atom. The molecule has 0 spiro atoms. The van der Waals surface area contributed by atoms with E-state index in [2.05, 4.69) is 19.6 Å². The van der Waals surface area contributed by atoms with Gasteiger partial charge in [0.15, 0.2) is 0 Å². The van der Waals surface area contributed by atoms with Gasteiger partial charge in [-0.2, -0.15) is 0 Å². The molecule has 1 saturated carbocycles. The fourth-order valence-corrected chi connectivity index (χ4v) is 5.22. The van der Waals surface area contributed by atoms with Crippen LogP contribution in [0.25, 0.3) is 11.0 Å². The number of carbonyl (C=O) groups excluding carboxylic acids is 1. The number of hydrogen-bond acceptors (Lipinski definition) is 5. The molecule has 2 heterocycles. The zero-order valence-electron chi connectivity index (χ0n) is 17.5. The van der Waals surface area contributed by atoms with E-state index in [1.54, 1.807) is 29.2 Å². The first-order valence-electron chi connectivity index (χ1n) is 10.7. The van der Waals surface area contributed by atoms with Crippen LogP contribution in [0.15, 0.2) is 52.2 Å². The molecule has 0 bridgehead atoms.